The van der Waals surface area contributed by atoms with Gasteiger partial charge in [0.05, 0.1) is 0 Å². The molecule has 72 valence electrons. The molecular weight excluding hydrogens is 176 g/mol. The summed E-state index contributed by atoms with van der Waals surface area (Å²) in [6.07, 6.45) is 5.21. The number of hydrogen-bond donors (Lipinski definition) is 1. The van der Waals surface area contributed by atoms with E-state index in [-0.39, 0.29) is 5.91 Å². The van der Waals surface area contributed by atoms with E-state index in [4.69, 9.17) is 0 Å². The first-order valence-corrected chi connectivity index (χ1v) is 4.30. The lowest BCUT2D eigenvalue weighted by atomic mass is 10.2. The summed E-state index contributed by atoms with van der Waals surface area (Å²) in [7, 11) is 0. The van der Waals surface area contributed by atoms with Crippen LogP contribution >= 0.6 is 0 Å². The zero-order valence-electron chi connectivity index (χ0n) is 7.97. The van der Waals surface area contributed by atoms with Gasteiger partial charge in [0.1, 0.15) is 0 Å². The Morgan fingerprint density at radius 2 is 2.07 bits per heavy atom. The van der Waals surface area contributed by atoms with Crippen LogP contribution in [0.15, 0.2) is 41.5 Å². The predicted molar refractivity (Wildman–Crippen MR) is 57.8 cm³/mol. The third-order valence-corrected chi connectivity index (χ3v) is 1.47. The van der Waals surface area contributed by atoms with Gasteiger partial charge in [-0.25, -0.2) is 5.43 Å². The summed E-state index contributed by atoms with van der Waals surface area (Å²) < 4.78 is 0. The third kappa shape index (κ3) is 4.21. The van der Waals surface area contributed by atoms with Crippen LogP contribution in [0.5, 0.6) is 0 Å². The lowest BCUT2D eigenvalue weighted by molar-refractivity contribution is -0.118. The van der Waals surface area contributed by atoms with Gasteiger partial charge in [-0.3, -0.25) is 4.79 Å². The summed E-state index contributed by atoms with van der Waals surface area (Å²) in [5.74, 6) is -0.172. The smallest absolute Gasteiger partial charge is 0.236 e. The van der Waals surface area contributed by atoms with Crippen molar-refractivity contribution < 1.29 is 4.79 Å². The normalized spacial score (nSPS) is 10.9. The van der Waals surface area contributed by atoms with Gasteiger partial charge in [0.25, 0.3) is 0 Å². The molecule has 0 aliphatic heterocycles. The van der Waals surface area contributed by atoms with Crippen molar-refractivity contribution in [3.63, 3.8) is 0 Å². The predicted octanol–water partition coefficient (Wildman–Crippen LogP) is 1.82. The van der Waals surface area contributed by atoms with Gasteiger partial charge in [-0.2, -0.15) is 5.10 Å². The molecule has 0 saturated carbocycles. The fraction of sp³-hybridized carbons (Fsp3) is 0.0909. The Labute approximate surface area is 83.1 Å². The van der Waals surface area contributed by atoms with E-state index in [1.54, 1.807) is 6.08 Å². The fourth-order valence-corrected chi connectivity index (χ4v) is 0.889. The number of nitrogens with one attached hydrogen (secondary N) is 1. The molecule has 0 fully saturated rings. The van der Waals surface area contributed by atoms with Crippen LogP contribution in [0.1, 0.15) is 12.5 Å². The second-order valence-electron chi connectivity index (χ2n) is 2.72. The topological polar surface area (TPSA) is 41.5 Å². The van der Waals surface area contributed by atoms with Gasteiger partial charge < -0.3 is 0 Å². The number of benzene rings is 1. The molecule has 1 rings (SSSR count). The zero-order valence-corrected chi connectivity index (χ0v) is 7.97. The Bertz CT molecular complexity index is 342. The number of rotatable bonds is 3. The van der Waals surface area contributed by atoms with Crippen LogP contribution in [-0.4, -0.2) is 12.1 Å². The Morgan fingerprint density at radius 1 is 1.36 bits per heavy atom. The van der Waals surface area contributed by atoms with Gasteiger partial charge in [-0.05, 0) is 11.6 Å². The van der Waals surface area contributed by atoms with E-state index in [1.807, 2.05) is 36.4 Å². The molecule has 3 heteroatoms. The van der Waals surface area contributed by atoms with Crippen LogP contribution in [-0.2, 0) is 4.79 Å². The van der Waals surface area contributed by atoms with E-state index in [2.05, 4.69) is 10.5 Å². The van der Waals surface area contributed by atoms with E-state index in [0.29, 0.717) is 0 Å². The minimum Gasteiger partial charge on any atom is -0.274 e. The first-order valence-electron chi connectivity index (χ1n) is 4.30. The summed E-state index contributed by atoms with van der Waals surface area (Å²) in [6.45, 7) is 1.41. The second kappa shape index (κ2) is 5.70. The third-order valence-electron chi connectivity index (χ3n) is 1.47. The molecule has 1 amide bonds. The standard InChI is InChI=1S/C11H12N2O/c1-10(14)13-12-9-5-8-11-6-3-2-4-7-11/h2-9H,1H3,(H,13,14)/b8-5+,12-9-. The summed E-state index contributed by atoms with van der Waals surface area (Å²) in [5.41, 5.74) is 3.41. The lowest BCUT2D eigenvalue weighted by Gasteiger charge is -1.89. The molecule has 3 nitrogen and oxygen atoms in total. The molecule has 0 spiro atoms. The van der Waals surface area contributed by atoms with Crippen LogP contribution in [0.25, 0.3) is 6.08 Å². The van der Waals surface area contributed by atoms with Crippen molar-refractivity contribution in [1.29, 1.82) is 0 Å². The molecule has 1 aromatic rings. The maximum absolute atomic E-state index is 10.4. The maximum Gasteiger partial charge on any atom is 0.236 e. The minimum absolute atomic E-state index is 0.172. The highest BCUT2D eigenvalue weighted by Gasteiger charge is 1.81. The van der Waals surface area contributed by atoms with Gasteiger partial charge in [-0.1, -0.05) is 36.4 Å². The maximum atomic E-state index is 10.4. The summed E-state index contributed by atoms with van der Waals surface area (Å²) in [6, 6.07) is 9.86. The Hall–Kier alpha value is -1.90. The van der Waals surface area contributed by atoms with Gasteiger partial charge in [0.15, 0.2) is 0 Å². The molecule has 0 heterocycles. The summed E-state index contributed by atoms with van der Waals surface area (Å²) >= 11 is 0. The molecule has 0 aromatic heterocycles. The molecular formula is C11H12N2O. The number of carbonyl (C=O) groups excluding carboxylic acids is 1. The van der Waals surface area contributed by atoms with Gasteiger partial charge in [0.2, 0.25) is 5.91 Å². The number of amides is 1. The van der Waals surface area contributed by atoms with E-state index in [0.717, 1.165) is 5.56 Å². The first kappa shape index (κ1) is 10.2. The number of allylic oxidation sites excluding steroid dienone is 1. The molecule has 14 heavy (non-hydrogen) atoms. The van der Waals surface area contributed by atoms with Gasteiger partial charge in [-0.15, -0.1) is 0 Å². The zero-order chi connectivity index (χ0) is 10.2. The molecule has 0 atom stereocenters. The monoisotopic (exact) mass is 188 g/mol. The van der Waals surface area contributed by atoms with Crippen molar-refractivity contribution in [3.8, 4) is 0 Å². The van der Waals surface area contributed by atoms with Crippen molar-refractivity contribution in [2.75, 3.05) is 0 Å². The van der Waals surface area contributed by atoms with Crippen molar-refractivity contribution in [3.05, 3.63) is 42.0 Å². The molecule has 1 aromatic carbocycles. The highest BCUT2D eigenvalue weighted by molar-refractivity contribution is 5.80. The second-order valence-corrected chi connectivity index (χ2v) is 2.72. The number of carbonyl (C=O) groups is 1. The number of hydrogen-bond acceptors (Lipinski definition) is 2. The number of nitrogens with zero attached hydrogens (tertiary/aromatic N) is 1. The minimum atomic E-state index is -0.172. The molecule has 0 saturated heterocycles. The summed E-state index contributed by atoms with van der Waals surface area (Å²) in [5, 5.41) is 3.67. The Morgan fingerprint density at radius 3 is 2.71 bits per heavy atom. The average molecular weight is 188 g/mol. The summed E-state index contributed by atoms with van der Waals surface area (Å²) in [4.78, 5) is 10.4. The van der Waals surface area contributed by atoms with E-state index in [1.165, 1.54) is 13.1 Å². The quantitative estimate of drug-likeness (QED) is 0.570. The molecule has 0 radical (unpaired) electrons. The van der Waals surface area contributed by atoms with Gasteiger partial charge >= 0.3 is 0 Å². The molecule has 0 unspecified atom stereocenters. The van der Waals surface area contributed by atoms with Gasteiger partial charge in [0, 0.05) is 13.1 Å². The van der Waals surface area contributed by atoms with E-state index in [9.17, 15) is 4.79 Å². The van der Waals surface area contributed by atoms with Crippen LogP contribution in [0.2, 0.25) is 0 Å². The average Bonchev–Trinajstić information content (AvgIpc) is 2.18. The Kier molecular flexibility index (Phi) is 4.14. The Balaban J connectivity index is 2.42. The molecule has 0 aliphatic carbocycles. The number of hydrazone groups is 1. The highest BCUT2D eigenvalue weighted by atomic mass is 16.2. The van der Waals surface area contributed by atoms with Crippen molar-refractivity contribution >= 4 is 18.2 Å². The van der Waals surface area contributed by atoms with Crippen LogP contribution in [0, 0.1) is 0 Å². The molecule has 1 N–H and O–H groups in total. The largest absolute Gasteiger partial charge is 0.274 e. The van der Waals surface area contributed by atoms with Crippen LogP contribution in [0.4, 0.5) is 0 Å². The lowest BCUT2D eigenvalue weighted by Crippen LogP contribution is -2.11. The SMILES string of the molecule is CC(=O)N/N=C\C=C\c1ccccc1. The van der Waals surface area contributed by atoms with E-state index < -0.39 is 0 Å². The van der Waals surface area contributed by atoms with Crippen LogP contribution < -0.4 is 5.43 Å². The van der Waals surface area contributed by atoms with Crippen molar-refractivity contribution in [2.24, 2.45) is 5.10 Å². The van der Waals surface area contributed by atoms with Crippen molar-refractivity contribution in [2.45, 2.75) is 6.92 Å². The molecule has 0 aliphatic rings. The fourth-order valence-electron chi connectivity index (χ4n) is 0.889. The van der Waals surface area contributed by atoms with E-state index >= 15 is 0 Å². The van der Waals surface area contributed by atoms with Crippen LogP contribution in [0.3, 0.4) is 0 Å². The highest BCUT2D eigenvalue weighted by Crippen LogP contribution is 1.99. The molecule has 0 bridgehead atoms. The van der Waals surface area contributed by atoms with Crippen molar-refractivity contribution in [1.82, 2.24) is 5.43 Å². The first-order chi connectivity index (χ1) is 6.79.